The molecule has 0 atom stereocenters. The quantitative estimate of drug-likeness (QED) is 0.746. The van der Waals surface area contributed by atoms with Crippen molar-refractivity contribution < 1.29 is 18.9 Å². The van der Waals surface area contributed by atoms with E-state index >= 15 is 0 Å². The van der Waals surface area contributed by atoms with Crippen molar-refractivity contribution in [2.24, 2.45) is 0 Å². The standard InChI is InChI=1S/C18H21NO4S/c1-19-12-13-24-18(19,22-16-10-6-4-8-14(16)20-2)23-17-11-7-5-9-15(17)21-3/h4-11H,12-13H2,1-3H3. The minimum atomic E-state index is -0.969. The van der Waals surface area contributed by atoms with E-state index in [0.717, 1.165) is 12.3 Å². The van der Waals surface area contributed by atoms with Crippen molar-refractivity contribution in [3.8, 4) is 23.0 Å². The van der Waals surface area contributed by atoms with Crippen LogP contribution in [0.2, 0.25) is 0 Å². The molecule has 128 valence electrons. The zero-order valence-electron chi connectivity index (χ0n) is 14.0. The van der Waals surface area contributed by atoms with Crippen molar-refractivity contribution in [2.75, 3.05) is 33.6 Å². The van der Waals surface area contributed by atoms with Crippen LogP contribution in [0.15, 0.2) is 48.5 Å². The number of rotatable bonds is 6. The number of nitrogens with zero attached hydrogens (tertiary/aromatic N) is 1. The van der Waals surface area contributed by atoms with Crippen molar-refractivity contribution >= 4 is 11.8 Å². The molecule has 0 N–H and O–H groups in total. The number of hydrogen-bond acceptors (Lipinski definition) is 6. The molecule has 0 radical (unpaired) electrons. The number of para-hydroxylation sites is 4. The Kier molecular flexibility index (Phi) is 5.06. The summed E-state index contributed by atoms with van der Waals surface area (Å²) in [6.45, 7) is 0.856. The summed E-state index contributed by atoms with van der Waals surface area (Å²) >= 11 is 1.60. The number of ether oxygens (including phenoxy) is 4. The van der Waals surface area contributed by atoms with Gasteiger partial charge in [-0.15, -0.1) is 0 Å². The van der Waals surface area contributed by atoms with Crippen LogP contribution in [0.25, 0.3) is 0 Å². The zero-order chi connectivity index (χ0) is 17.0. The summed E-state index contributed by atoms with van der Waals surface area (Å²) in [5.41, 5.74) is 0. The average molecular weight is 347 g/mol. The first-order chi connectivity index (χ1) is 11.7. The number of hydrogen-bond donors (Lipinski definition) is 0. The Morgan fingerprint density at radius 3 is 1.67 bits per heavy atom. The van der Waals surface area contributed by atoms with E-state index in [1.165, 1.54) is 0 Å². The highest BCUT2D eigenvalue weighted by atomic mass is 32.2. The minimum absolute atomic E-state index is 0.635. The monoisotopic (exact) mass is 347 g/mol. The summed E-state index contributed by atoms with van der Waals surface area (Å²) in [7, 11) is 5.23. The molecule has 0 unspecified atom stereocenters. The van der Waals surface area contributed by atoms with Crippen LogP contribution in [-0.4, -0.2) is 43.7 Å². The summed E-state index contributed by atoms with van der Waals surface area (Å²) in [5, 5.41) is -0.969. The molecule has 24 heavy (non-hydrogen) atoms. The van der Waals surface area contributed by atoms with Gasteiger partial charge in [-0.2, -0.15) is 0 Å². The van der Waals surface area contributed by atoms with Gasteiger partial charge in [0.25, 0.3) is 0 Å². The third-order valence-corrected chi connectivity index (χ3v) is 5.02. The van der Waals surface area contributed by atoms with Gasteiger partial charge in [0.05, 0.1) is 14.2 Å². The first kappa shape index (κ1) is 16.8. The molecule has 3 rings (SSSR count). The lowest BCUT2D eigenvalue weighted by Crippen LogP contribution is -2.49. The lowest BCUT2D eigenvalue weighted by Gasteiger charge is -2.35. The van der Waals surface area contributed by atoms with Gasteiger partial charge in [-0.1, -0.05) is 36.0 Å². The summed E-state index contributed by atoms with van der Waals surface area (Å²) in [4.78, 5) is 2.04. The van der Waals surface area contributed by atoms with Crippen LogP contribution in [0.1, 0.15) is 0 Å². The van der Waals surface area contributed by atoms with Crippen molar-refractivity contribution in [2.45, 2.75) is 5.24 Å². The first-order valence-electron chi connectivity index (χ1n) is 7.68. The molecule has 2 aromatic rings. The molecule has 0 amide bonds. The predicted octanol–water partition coefficient (Wildman–Crippen LogP) is 3.45. The van der Waals surface area contributed by atoms with Crippen molar-refractivity contribution in [3.63, 3.8) is 0 Å². The van der Waals surface area contributed by atoms with E-state index in [1.807, 2.05) is 60.5 Å². The molecule has 1 aliphatic rings. The Morgan fingerprint density at radius 2 is 1.29 bits per heavy atom. The van der Waals surface area contributed by atoms with Gasteiger partial charge in [0.2, 0.25) is 0 Å². The Balaban J connectivity index is 1.94. The smallest absolute Gasteiger partial charge is 0.370 e. The maximum atomic E-state index is 6.29. The van der Waals surface area contributed by atoms with Crippen LogP contribution < -0.4 is 18.9 Å². The Labute approximate surface area is 146 Å². The average Bonchev–Trinajstić information content (AvgIpc) is 2.96. The Bertz CT molecular complexity index is 645. The maximum absolute atomic E-state index is 6.29. The van der Waals surface area contributed by atoms with Gasteiger partial charge >= 0.3 is 5.24 Å². The van der Waals surface area contributed by atoms with Crippen LogP contribution in [0.5, 0.6) is 23.0 Å². The van der Waals surface area contributed by atoms with Crippen LogP contribution in [0.4, 0.5) is 0 Å². The molecule has 1 aliphatic heterocycles. The van der Waals surface area contributed by atoms with E-state index in [4.69, 9.17) is 18.9 Å². The summed E-state index contributed by atoms with van der Waals surface area (Å²) in [6, 6.07) is 15.1. The molecular weight excluding hydrogens is 326 g/mol. The molecule has 0 spiro atoms. The maximum Gasteiger partial charge on any atom is 0.370 e. The fourth-order valence-electron chi connectivity index (χ4n) is 2.48. The zero-order valence-corrected chi connectivity index (χ0v) is 14.8. The fourth-order valence-corrected chi connectivity index (χ4v) is 3.71. The molecule has 0 aromatic heterocycles. The normalized spacial score (nSPS) is 16.6. The van der Waals surface area contributed by atoms with Gasteiger partial charge in [-0.25, -0.2) is 4.90 Å². The second-order valence-corrected chi connectivity index (χ2v) is 6.51. The van der Waals surface area contributed by atoms with Gasteiger partial charge < -0.3 is 18.9 Å². The minimum Gasteiger partial charge on any atom is -0.493 e. The summed E-state index contributed by atoms with van der Waals surface area (Å²) in [5.74, 6) is 3.51. The lowest BCUT2D eigenvalue weighted by atomic mass is 10.3. The van der Waals surface area contributed by atoms with Gasteiger partial charge in [0.15, 0.2) is 23.0 Å². The molecule has 2 aromatic carbocycles. The number of thioether (sulfide) groups is 1. The third-order valence-electron chi connectivity index (χ3n) is 3.79. The lowest BCUT2D eigenvalue weighted by molar-refractivity contribution is -0.130. The molecule has 1 fully saturated rings. The van der Waals surface area contributed by atoms with Gasteiger partial charge in [0, 0.05) is 12.3 Å². The Hall–Kier alpha value is -2.05. The molecular formula is C18H21NO4S. The topological polar surface area (TPSA) is 40.2 Å². The van der Waals surface area contributed by atoms with E-state index < -0.39 is 5.24 Å². The molecule has 6 heteroatoms. The van der Waals surface area contributed by atoms with Crippen LogP contribution >= 0.6 is 11.8 Å². The highest BCUT2D eigenvalue weighted by Gasteiger charge is 2.46. The molecule has 0 aliphatic carbocycles. The molecule has 1 saturated heterocycles. The highest BCUT2D eigenvalue weighted by molar-refractivity contribution is 8.00. The predicted molar refractivity (Wildman–Crippen MR) is 95.1 cm³/mol. The second-order valence-electron chi connectivity index (χ2n) is 5.30. The number of benzene rings is 2. The van der Waals surface area contributed by atoms with E-state index in [1.54, 1.807) is 26.0 Å². The molecule has 0 bridgehead atoms. The fraction of sp³-hybridized carbons (Fsp3) is 0.333. The SMILES string of the molecule is COc1ccccc1OC1(Oc2ccccc2OC)SCCN1C. The van der Waals surface area contributed by atoms with Crippen molar-refractivity contribution in [1.29, 1.82) is 0 Å². The third kappa shape index (κ3) is 3.25. The van der Waals surface area contributed by atoms with E-state index in [0.29, 0.717) is 23.0 Å². The van der Waals surface area contributed by atoms with E-state index in [2.05, 4.69) is 0 Å². The molecule has 5 nitrogen and oxygen atoms in total. The number of methoxy groups -OCH3 is 2. The van der Waals surface area contributed by atoms with Gasteiger partial charge in [0.1, 0.15) is 0 Å². The molecule has 1 heterocycles. The molecule has 0 saturated carbocycles. The largest absolute Gasteiger partial charge is 0.493 e. The van der Waals surface area contributed by atoms with E-state index in [-0.39, 0.29) is 0 Å². The van der Waals surface area contributed by atoms with E-state index in [9.17, 15) is 0 Å². The highest BCUT2D eigenvalue weighted by Crippen LogP contribution is 2.43. The van der Waals surface area contributed by atoms with Crippen LogP contribution in [-0.2, 0) is 0 Å². The van der Waals surface area contributed by atoms with Gasteiger partial charge in [-0.05, 0) is 31.3 Å². The van der Waals surface area contributed by atoms with Crippen molar-refractivity contribution in [1.82, 2.24) is 4.90 Å². The van der Waals surface area contributed by atoms with Crippen molar-refractivity contribution in [3.05, 3.63) is 48.5 Å². The summed E-state index contributed by atoms with van der Waals surface area (Å²) < 4.78 is 23.4. The second kappa shape index (κ2) is 7.23. The van der Waals surface area contributed by atoms with Crippen LogP contribution in [0.3, 0.4) is 0 Å². The Morgan fingerprint density at radius 1 is 0.833 bits per heavy atom. The first-order valence-corrected chi connectivity index (χ1v) is 8.66. The van der Waals surface area contributed by atoms with Crippen LogP contribution in [0, 0.1) is 0 Å². The van der Waals surface area contributed by atoms with Gasteiger partial charge in [-0.3, -0.25) is 0 Å². The summed E-state index contributed by atoms with van der Waals surface area (Å²) in [6.07, 6.45) is 0.